The van der Waals surface area contributed by atoms with Crippen molar-refractivity contribution in [1.82, 2.24) is 25.1 Å². The van der Waals surface area contributed by atoms with Crippen molar-refractivity contribution in [1.29, 1.82) is 0 Å². The standard InChI is InChI=1S/C13H18N6O/c1-3-13(20)15-6-5-14-11-8-12(17-9-16-11)19-7-4-10(2)18-19/h4,7-9H,3,5-6H2,1-2H3,(H,15,20)(H,14,16,17). The van der Waals surface area contributed by atoms with Gasteiger partial charge in [0.15, 0.2) is 5.82 Å². The number of carbonyl (C=O) groups excluding carboxylic acids is 1. The molecule has 0 aromatic carbocycles. The summed E-state index contributed by atoms with van der Waals surface area (Å²) < 4.78 is 1.70. The second-order valence-corrected chi connectivity index (χ2v) is 4.29. The Hall–Kier alpha value is -2.44. The van der Waals surface area contributed by atoms with Crippen LogP contribution in [0.4, 0.5) is 5.82 Å². The Morgan fingerprint density at radius 1 is 1.35 bits per heavy atom. The molecule has 0 fully saturated rings. The normalized spacial score (nSPS) is 10.3. The van der Waals surface area contributed by atoms with E-state index in [1.54, 1.807) is 4.68 Å². The molecular weight excluding hydrogens is 256 g/mol. The molecule has 0 aliphatic rings. The monoisotopic (exact) mass is 274 g/mol. The first-order valence-electron chi connectivity index (χ1n) is 6.54. The van der Waals surface area contributed by atoms with Crippen LogP contribution in [-0.2, 0) is 4.79 Å². The molecule has 0 saturated carbocycles. The Bertz CT molecular complexity index is 580. The summed E-state index contributed by atoms with van der Waals surface area (Å²) >= 11 is 0. The zero-order valence-corrected chi connectivity index (χ0v) is 11.6. The molecule has 7 nitrogen and oxygen atoms in total. The molecule has 0 unspecified atom stereocenters. The number of rotatable bonds is 6. The van der Waals surface area contributed by atoms with Crippen LogP contribution in [-0.4, -0.2) is 38.7 Å². The van der Waals surface area contributed by atoms with Crippen molar-refractivity contribution < 1.29 is 4.79 Å². The molecular formula is C13H18N6O. The van der Waals surface area contributed by atoms with Gasteiger partial charge in [-0.3, -0.25) is 4.79 Å². The van der Waals surface area contributed by atoms with Crippen LogP contribution >= 0.6 is 0 Å². The van der Waals surface area contributed by atoms with Gasteiger partial charge in [-0.15, -0.1) is 0 Å². The van der Waals surface area contributed by atoms with Crippen molar-refractivity contribution in [3.63, 3.8) is 0 Å². The van der Waals surface area contributed by atoms with E-state index in [0.717, 1.165) is 5.69 Å². The molecule has 0 aliphatic heterocycles. The first-order chi connectivity index (χ1) is 9.69. The molecule has 2 heterocycles. The highest BCUT2D eigenvalue weighted by Gasteiger charge is 2.02. The fraction of sp³-hybridized carbons (Fsp3) is 0.385. The van der Waals surface area contributed by atoms with E-state index in [4.69, 9.17) is 0 Å². The van der Waals surface area contributed by atoms with Gasteiger partial charge in [-0.25, -0.2) is 14.6 Å². The third-order valence-electron chi connectivity index (χ3n) is 2.68. The van der Waals surface area contributed by atoms with Crippen molar-refractivity contribution in [3.8, 4) is 5.82 Å². The van der Waals surface area contributed by atoms with Gasteiger partial charge in [0.25, 0.3) is 0 Å². The summed E-state index contributed by atoms with van der Waals surface area (Å²) in [4.78, 5) is 19.4. The fourth-order valence-electron chi connectivity index (χ4n) is 1.63. The first-order valence-corrected chi connectivity index (χ1v) is 6.54. The summed E-state index contributed by atoms with van der Waals surface area (Å²) in [6, 6.07) is 3.73. The van der Waals surface area contributed by atoms with Crippen molar-refractivity contribution >= 4 is 11.7 Å². The maximum absolute atomic E-state index is 11.1. The minimum absolute atomic E-state index is 0.0437. The van der Waals surface area contributed by atoms with E-state index in [-0.39, 0.29) is 5.91 Å². The van der Waals surface area contributed by atoms with Gasteiger partial charge in [0.2, 0.25) is 5.91 Å². The average Bonchev–Trinajstić information content (AvgIpc) is 2.90. The van der Waals surface area contributed by atoms with Gasteiger partial charge in [0, 0.05) is 31.8 Å². The van der Waals surface area contributed by atoms with Gasteiger partial charge in [-0.1, -0.05) is 6.92 Å². The lowest BCUT2D eigenvalue weighted by molar-refractivity contribution is -0.120. The topological polar surface area (TPSA) is 84.7 Å². The number of carbonyl (C=O) groups is 1. The molecule has 0 atom stereocenters. The van der Waals surface area contributed by atoms with Crippen LogP contribution in [0.2, 0.25) is 0 Å². The minimum atomic E-state index is 0.0437. The molecule has 1 amide bonds. The highest BCUT2D eigenvalue weighted by atomic mass is 16.1. The average molecular weight is 274 g/mol. The number of nitrogens with zero attached hydrogens (tertiary/aromatic N) is 4. The molecule has 0 aliphatic carbocycles. The third kappa shape index (κ3) is 3.78. The predicted molar refractivity (Wildman–Crippen MR) is 75.7 cm³/mol. The number of aromatic nitrogens is 4. The second-order valence-electron chi connectivity index (χ2n) is 4.29. The van der Waals surface area contributed by atoms with Crippen LogP contribution in [0.1, 0.15) is 19.0 Å². The van der Waals surface area contributed by atoms with Crippen LogP contribution in [0.15, 0.2) is 24.7 Å². The van der Waals surface area contributed by atoms with Gasteiger partial charge in [0.05, 0.1) is 5.69 Å². The van der Waals surface area contributed by atoms with E-state index in [1.165, 1.54) is 6.33 Å². The van der Waals surface area contributed by atoms with E-state index >= 15 is 0 Å². The van der Waals surface area contributed by atoms with E-state index in [2.05, 4.69) is 25.7 Å². The Labute approximate surface area is 117 Å². The molecule has 0 bridgehead atoms. The van der Waals surface area contributed by atoms with Gasteiger partial charge in [-0.2, -0.15) is 5.10 Å². The fourth-order valence-corrected chi connectivity index (χ4v) is 1.63. The van der Waals surface area contributed by atoms with Crippen molar-refractivity contribution in [2.24, 2.45) is 0 Å². The SMILES string of the molecule is CCC(=O)NCCNc1cc(-n2ccc(C)n2)ncn1. The predicted octanol–water partition coefficient (Wildman–Crippen LogP) is 0.909. The quantitative estimate of drug-likeness (QED) is 0.765. The summed E-state index contributed by atoms with van der Waals surface area (Å²) in [5, 5.41) is 10.2. The second kappa shape index (κ2) is 6.65. The lowest BCUT2D eigenvalue weighted by Gasteiger charge is -2.07. The van der Waals surface area contributed by atoms with Gasteiger partial charge >= 0.3 is 0 Å². The molecule has 0 spiro atoms. The molecule has 2 rings (SSSR count). The Balaban J connectivity index is 1.91. The highest BCUT2D eigenvalue weighted by Crippen LogP contribution is 2.08. The highest BCUT2D eigenvalue weighted by molar-refractivity contribution is 5.75. The number of nitrogens with one attached hydrogen (secondary N) is 2. The summed E-state index contributed by atoms with van der Waals surface area (Å²) in [5.41, 5.74) is 0.931. The maximum Gasteiger partial charge on any atom is 0.219 e. The lowest BCUT2D eigenvalue weighted by atomic mass is 10.4. The summed E-state index contributed by atoms with van der Waals surface area (Å²) in [5.74, 6) is 1.45. The molecule has 106 valence electrons. The zero-order valence-electron chi connectivity index (χ0n) is 11.6. The molecule has 2 N–H and O–H groups in total. The Kier molecular flexibility index (Phi) is 4.65. The van der Waals surface area contributed by atoms with Crippen molar-refractivity contribution in [3.05, 3.63) is 30.4 Å². The van der Waals surface area contributed by atoms with Gasteiger partial charge in [0.1, 0.15) is 12.1 Å². The number of hydrogen-bond acceptors (Lipinski definition) is 5. The van der Waals surface area contributed by atoms with Crippen LogP contribution in [0.25, 0.3) is 5.82 Å². The Morgan fingerprint density at radius 2 is 2.20 bits per heavy atom. The van der Waals surface area contributed by atoms with E-state index < -0.39 is 0 Å². The number of aryl methyl sites for hydroxylation is 1. The largest absolute Gasteiger partial charge is 0.368 e. The van der Waals surface area contributed by atoms with E-state index in [1.807, 2.05) is 32.2 Å². The summed E-state index contributed by atoms with van der Waals surface area (Å²) in [7, 11) is 0. The van der Waals surface area contributed by atoms with Crippen molar-refractivity contribution in [2.75, 3.05) is 18.4 Å². The summed E-state index contributed by atoms with van der Waals surface area (Å²) in [6.45, 7) is 4.92. The molecule has 2 aromatic rings. The maximum atomic E-state index is 11.1. The first kappa shape index (κ1) is 14.0. The molecule has 20 heavy (non-hydrogen) atoms. The molecule has 0 saturated heterocycles. The number of hydrogen-bond donors (Lipinski definition) is 2. The lowest BCUT2D eigenvalue weighted by Crippen LogP contribution is -2.28. The van der Waals surface area contributed by atoms with Crippen LogP contribution < -0.4 is 10.6 Å². The van der Waals surface area contributed by atoms with Gasteiger partial charge in [-0.05, 0) is 13.0 Å². The molecule has 7 heteroatoms. The smallest absolute Gasteiger partial charge is 0.219 e. The number of anilines is 1. The third-order valence-corrected chi connectivity index (χ3v) is 2.68. The van der Waals surface area contributed by atoms with Crippen LogP contribution in [0.3, 0.4) is 0 Å². The molecule has 2 aromatic heterocycles. The van der Waals surface area contributed by atoms with E-state index in [0.29, 0.717) is 31.1 Å². The zero-order chi connectivity index (χ0) is 14.4. The van der Waals surface area contributed by atoms with Crippen molar-refractivity contribution in [2.45, 2.75) is 20.3 Å². The summed E-state index contributed by atoms with van der Waals surface area (Å²) in [6.07, 6.45) is 3.83. The number of amides is 1. The minimum Gasteiger partial charge on any atom is -0.368 e. The van der Waals surface area contributed by atoms with Crippen LogP contribution in [0, 0.1) is 6.92 Å². The molecule has 0 radical (unpaired) electrons. The van der Waals surface area contributed by atoms with E-state index in [9.17, 15) is 4.79 Å². The van der Waals surface area contributed by atoms with Crippen LogP contribution in [0.5, 0.6) is 0 Å². The van der Waals surface area contributed by atoms with Gasteiger partial charge < -0.3 is 10.6 Å². The Morgan fingerprint density at radius 3 is 2.90 bits per heavy atom.